The summed E-state index contributed by atoms with van der Waals surface area (Å²) in [4.78, 5) is 17.6. The summed E-state index contributed by atoms with van der Waals surface area (Å²) in [6.45, 7) is 3.33. The van der Waals surface area contributed by atoms with Crippen molar-refractivity contribution in [3.05, 3.63) is 44.7 Å². The van der Waals surface area contributed by atoms with Gasteiger partial charge >= 0.3 is 0 Å². The van der Waals surface area contributed by atoms with Crippen LogP contribution in [-0.4, -0.2) is 24.0 Å². The Morgan fingerprint density at radius 1 is 1.40 bits per heavy atom. The number of halogens is 1. The van der Waals surface area contributed by atoms with Gasteiger partial charge in [0.1, 0.15) is 5.82 Å². The summed E-state index contributed by atoms with van der Waals surface area (Å²) in [5.74, 6) is 0.538. The van der Waals surface area contributed by atoms with E-state index in [1.807, 2.05) is 13.0 Å². The highest BCUT2D eigenvalue weighted by Gasteiger charge is 2.11. The van der Waals surface area contributed by atoms with Gasteiger partial charge in [0.2, 0.25) is 0 Å². The second-order valence-electron chi connectivity index (χ2n) is 4.14. The summed E-state index contributed by atoms with van der Waals surface area (Å²) in [5.41, 5.74) is 0.585. The Morgan fingerprint density at radius 3 is 2.95 bits per heavy atom. The van der Waals surface area contributed by atoms with Crippen LogP contribution in [0, 0.1) is 0 Å². The molecule has 0 aliphatic heterocycles. The molecule has 0 atom stereocenters. The highest BCUT2D eigenvalue weighted by Crippen LogP contribution is 2.22. The molecule has 6 heteroatoms. The zero-order chi connectivity index (χ0) is 14.4. The van der Waals surface area contributed by atoms with E-state index in [0.29, 0.717) is 17.9 Å². The molecule has 2 heterocycles. The number of rotatable bonds is 6. The third-order valence-electron chi connectivity index (χ3n) is 2.68. The largest absolute Gasteiger partial charge is 0.370 e. The van der Waals surface area contributed by atoms with Crippen LogP contribution in [0.3, 0.4) is 0 Å². The maximum atomic E-state index is 12.1. The van der Waals surface area contributed by atoms with Crippen LogP contribution < -0.4 is 10.6 Å². The Bertz CT molecular complexity index is 585. The first-order valence-electron chi connectivity index (χ1n) is 6.42. The molecule has 0 bridgehead atoms. The Labute approximate surface area is 130 Å². The third-order valence-corrected chi connectivity index (χ3v) is 4.37. The molecule has 0 aliphatic rings. The lowest BCUT2D eigenvalue weighted by molar-refractivity contribution is 0.0954. The monoisotopic (exact) mass is 353 g/mol. The van der Waals surface area contributed by atoms with E-state index < -0.39 is 0 Å². The minimum Gasteiger partial charge on any atom is -0.370 e. The van der Waals surface area contributed by atoms with E-state index in [9.17, 15) is 4.79 Å². The maximum absolute atomic E-state index is 12.1. The van der Waals surface area contributed by atoms with Crippen LogP contribution in [0.4, 0.5) is 5.82 Å². The number of carbonyl (C=O) groups is 1. The molecule has 0 radical (unpaired) electrons. The Hall–Kier alpha value is -1.40. The number of hydrogen-bond acceptors (Lipinski definition) is 4. The normalized spacial score (nSPS) is 10.3. The lowest BCUT2D eigenvalue weighted by atomic mass is 10.2. The van der Waals surface area contributed by atoms with Crippen LogP contribution in [0.15, 0.2) is 34.2 Å². The molecule has 2 N–H and O–H groups in total. The van der Waals surface area contributed by atoms with E-state index in [1.165, 1.54) is 4.88 Å². The lowest BCUT2D eigenvalue weighted by Crippen LogP contribution is -2.26. The number of hydrogen-bond donors (Lipinski definition) is 2. The van der Waals surface area contributed by atoms with Crippen LogP contribution in [0.2, 0.25) is 0 Å². The lowest BCUT2D eigenvalue weighted by Gasteiger charge is -2.09. The van der Waals surface area contributed by atoms with Gasteiger partial charge in [-0.3, -0.25) is 4.79 Å². The molecule has 0 unspecified atom stereocenters. The molecule has 2 rings (SSSR count). The van der Waals surface area contributed by atoms with Crippen molar-refractivity contribution in [3.8, 4) is 0 Å². The molecule has 0 aliphatic carbocycles. The van der Waals surface area contributed by atoms with Crippen molar-refractivity contribution < 1.29 is 4.79 Å². The van der Waals surface area contributed by atoms with Gasteiger partial charge in [0.15, 0.2) is 0 Å². The Morgan fingerprint density at radius 2 is 2.25 bits per heavy atom. The standard InChI is InChI=1S/C14H16BrN3OS/c1-2-16-13-11(4-3-8-17-13)14(19)18-9-7-10-5-6-12(15)20-10/h3-6,8H,2,7,9H2,1H3,(H,16,17)(H,18,19). The van der Waals surface area contributed by atoms with Crippen molar-refractivity contribution in [2.45, 2.75) is 13.3 Å². The Balaban J connectivity index is 1.91. The van der Waals surface area contributed by atoms with Gasteiger partial charge in [-0.25, -0.2) is 4.98 Å². The van der Waals surface area contributed by atoms with Gasteiger partial charge in [0.05, 0.1) is 9.35 Å². The minimum absolute atomic E-state index is 0.0929. The molecule has 106 valence electrons. The van der Waals surface area contributed by atoms with E-state index in [0.717, 1.165) is 16.8 Å². The number of anilines is 1. The molecule has 2 aromatic rings. The van der Waals surface area contributed by atoms with Gasteiger partial charge in [-0.1, -0.05) is 0 Å². The molecule has 0 saturated heterocycles. The summed E-state index contributed by atoms with van der Waals surface area (Å²) >= 11 is 5.12. The average molecular weight is 354 g/mol. The zero-order valence-corrected chi connectivity index (χ0v) is 13.6. The topological polar surface area (TPSA) is 54.0 Å². The van der Waals surface area contributed by atoms with Crippen LogP contribution in [0.25, 0.3) is 0 Å². The fourth-order valence-electron chi connectivity index (χ4n) is 1.78. The van der Waals surface area contributed by atoms with E-state index in [-0.39, 0.29) is 5.91 Å². The van der Waals surface area contributed by atoms with Crippen molar-refractivity contribution in [3.63, 3.8) is 0 Å². The van der Waals surface area contributed by atoms with Crippen molar-refractivity contribution in [1.82, 2.24) is 10.3 Å². The summed E-state index contributed by atoms with van der Waals surface area (Å²) in [6, 6.07) is 7.63. The van der Waals surface area contributed by atoms with Crippen molar-refractivity contribution in [1.29, 1.82) is 0 Å². The van der Waals surface area contributed by atoms with Crippen molar-refractivity contribution in [2.24, 2.45) is 0 Å². The molecular weight excluding hydrogens is 338 g/mol. The average Bonchev–Trinajstić information content (AvgIpc) is 2.85. The second kappa shape index (κ2) is 7.40. The van der Waals surface area contributed by atoms with Crippen LogP contribution in [0.5, 0.6) is 0 Å². The van der Waals surface area contributed by atoms with Crippen molar-refractivity contribution >= 4 is 39.0 Å². The predicted octanol–water partition coefficient (Wildman–Crippen LogP) is 3.31. The smallest absolute Gasteiger partial charge is 0.255 e. The molecule has 4 nitrogen and oxygen atoms in total. The second-order valence-corrected chi connectivity index (χ2v) is 6.69. The fraction of sp³-hybridized carbons (Fsp3) is 0.286. The molecule has 2 aromatic heterocycles. The molecule has 0 saturated carbocycles. The van der Waals surface area contributed by atoms with E-state index in [2.05, 4.69) is 37.6 Å². The summed E-state index contributed by atoms with van der Waals surface area (Å²) < 4.78 is 1.11. The molecule has 0 fully saturated rings. The fourth-order valence-corrected chi connectivity index (χ4v) is 3.26. The first kappa shape index (κ1) is 15.0. The zero-order valence-electron chi connectivity index (χ0n) is 11.1. The number of amides is 1. The first-order chi connectivity index (χ1) is 9.70. The van der Waals surface area contributed by atoms with Gasteiger partial charge in [-0.05, 0) is 53.5 Å². The molecule has 0 aromatic carbocycles. The van der Waals surface area contributed by atoms with Gasteiger partial charge in [0, 0.05) is 24.2 Å². The molecule has 1 amide bonds. The molecule has 20 heavy (non-hydrogen) atoms. The third kappa shape index (κ3) is 4.05. The Kier molecular flexibility index (Phi) is 5.55. The van der Waals surface area contributed by atoms with E-state index >= 15 is 0 Å². The van der Waals surface area contributed by atoms with E-state index in [1.54, 1.807) is 29.7 Å². The first-order valence-corrected chi connectivity index (χ1v) is 8.03. The quantitative estimate of drug-likeness (QED) is 0.837. The van der Waals surface area contributed by atoms with Crippen LogP contribution in [-0.2, 0) is 6.42 Å². The van der Waals surface area contributed by atoms with Crippen LogP contribution in [0.1, 0.15) is 22.2 Å². The molecular formula is C14H16BrN3OS. The number of nitrogens with zero attached hydrogens (tertiary/aromatic N) is 1. The number of nitrogens with one attached hydrogen (secondary N) is 2. The number of carbonyl (C=O) groups excluding carboxylic acids is 1. The van der Waals surface area contributed by atoms with Crippen LogP contribution >= 0.6 is 27.3 Å². The van der Waals surface area contributed by atoms with Gasteiger partial charge in [-0.2, -0.15) is 0 Å². The minimum atomic E-state index is -0.0929. The van der Waals surface area contributed by atoms with Gasteiger partial charge in [0.25, 0.3) is 5.91 Å². The van der Waals surface area contributed by atoms with E-state index in [4.69, 9.17) is 0 Å². The summed E-state index contributed by atoms with van der Waals surface area (Å²) in [5, 5.41) is 6.02. The number of aromatic nitrogens is 1. The number of thiophene rings is 1. The summed E-state index contributed by atoms with van der Waals surface area (Å²) in [6.07, 6.45) is 2.51. The predicted molar refractivity (Wildman–Crippen MR) is 86.5 cm³/mol. The highest BCUT2D eigenvalue weighted by atomic mass is 79.9. The SMILES string of the molecule is CCNc1ncccc1C(=O)NCCc1ccc(Br)s1. The van der Waals surface area contributed by atoms with Crippen molar-refractivity contribution in [2.75, 3.05) is 18.4 Å². The van der Waals surface area contributed by atoms with Gasteiger partial charge < -0.3 is 10.6 Å². The van der Waals surface area contributed by atoms with Gasteiger partial charge in [-0.15, -0.1) is 11.3 Å². The summed E-state index contributed by atoms with van der Waals surface area (Å²) in [7, 11) is 0. The number of pyridine rings is 1. The molecule has 0 spiro atoms. The maximum Gasteiger partial charge on any atom is 0.255 e. The highest BCUT2D eigenvalue weighted by molar-refractivity contribution is 9.11.